The van der Waals surface area contributed by atoms with Crippen molar-refractivity contribution < 1.29 is 9.53 Å². The first-order valence-corrected chi connectivity index (χ1v) is 6.25. The van der Waals surface area contributed by atoms with Gasteiger partial charge in [0.25, 0.3) is 0 Å². The van der Waals surface area contributed by atoms with Crippen molar-refractivity contribution in [1.82, 2.24) is 0 Å². The van der Waals surface area contributed by atoms with Gasteiger partial charge in [-0.15, -0.1) is 0 Å². The number of methoxy groups -OCH3 is 1. The van der Waals surface area contributed by atoms with Crippen LogP contribution in [0.5, 0.6) is 0 Å². The molecule has 0 aliphatic rings. The summed E-state index contributed by atoms with van der Waals surface area (Å²) in [4.78, 5) is 11.2. The lowest BCUT2D eigenvalue weighted by Crippen LogP contribution is -2.27. The Labute approximate surface area is 109 Å². The number of esters is 1. The molecular weight excluding hydrogens is 226 g/mol. The number of carbonyl (C=O) groups is 1. The second-order valence-corrected chi connectivity index (χ2v) is 4.98. The summed E-state index contributed by atoms with van der Waals surface area (Å²) in [5.74, 6) is -0.248. The van der Waals surface area contributed by atoms with Crippen LogP contribution < -0.4 is 5.73 Å². The Morgan fingerprint density at radius 2 is 1.72 bits per heavy atom. The topological polar surface area (TPSA) is 52.3 Å². The highest BCUT2D eigenvalue weighted by Crippen LogP contribution is 2.23. The number of ether oxygens (including phenoxy) is 1. The smallest absolute Gasteiger partial charge is 0.307 e. The van der Waals surface area contributed by atoms with Crippen molar-refractivity contribution in [2.75, 3.05) is 7.11 Å². The van der Waals surface area contributed by atoms with Gasteiger partial charge in [-0.05, 0) is 61.9 Å². The Morgan fingerprint density at radius 1 is 1.22 bits per heavy atom. The number of benzene rings is 1. The molecule has 100 valence electrons. The highest BCUT2D eigenvalue weighted by molar-refractivity contribution is 5.70. The first-order valence-electron chi connectivity index (χ1n) is 6.25. The molecule has 0 bridgehead atoms. The fraction of sp³-hybridized carbons (Fsp3) is 0.533. The van der Waals surface area contributed by atoms with E-state index in [2.05, 4.69) is 38.5 Å². The molecule has 0 aromatic heterocycles. The Kier molecular flexibility index (Phi) is 4.91. The van der Waals surface area contributed by atoms with E-state index in [-0.39, 0.29) is 18.4 Å². The zero-order valence-corrected chi connectivity index (χ0v) is 12.0. The van der Waals surface area contributed by atoms with Gasteiger partial charge in [-0.2, -0.15) is 0 Å². The van der Waals surface area contributed by atoms with Crippen LogP contribution in [0.4, 0.5) is 0 Å². The van der Waals surface area contributed by atoms with Crippen molar-refractivity contribution in [2.24, 2.45) is 5.73 Å². The van der Waals surface area contributed by atoms with Crippen molar-refractivity contribution >= 4 is 5.97 Å². The third-order valence-electron chi connectivity index (χ3n) is 3.64. The second kappa shape index (κ2) is 6.01. The summed E-state index contributed by atoms with van der Waals surface area (Å²) >= 11 is 0. The van der Waals surface area contributed by atoms with E-state index >= 15 is 0 Å². The van der Waals surface area contributed by atoms with Gasteiger partial charge in [-0.1, -0.05) is 6.07 Å². The van der Waals surface area contributed by atoms with Crippen LogP contribution in [-0.2, 0) is 16.0 Å². The number of aryl methyl sites for hydroxylation is 2. The highest BCUT2D eigenvalue weighted by atomic mass is 16.5. The maximum atomic E-state index is 11.2. The van der Waals surface area contributed by atoms with Crippen LogP contribution in [0.1, 0.15) is 34.2 Å². The molecule has 1 aromatic carbocycles. The molecule has 1 aromatic rings. The van der Waals surface area contributed by atoms with Gasteiger partial charge in [0.2, 0.25) is 0 Å². The number of rotatable bonds is 4. The molecule has 0 aliphatic carbocycles. The average Bonchev–Trinajstić information content (AvgIpc) is 2.32. The van der Waals surface area contributed by atoms with Crippen LogP contribution in [-0.4, -0.2) is 19.1 Å². The van der Waals surface area contributed by atoms with Crippen molar-refractivity contribution in [3.8, 4) is 0 Å². The number of nitrogens with two attached hydrogens (primary N) is 1. The van der Waals surface area contributed by atoms with Crippen LogP contribution in [0, 0.1) is 27.7 Å². The quantitative estimate of drug-likeness (QED) is 0.833. The summed E-state index contributed by atoms with van der Waals surface area (Å²) in [5, 5.41) is 0. The van der Waals surface area contributed by atoms with Crippen molar-refractivity contribution in [1.29, 1.82) is 0 Å². The third-order valence-corrected chi connectivity index (χ3v) is 3.64. The second-order valence-electron chi connectivity index (χ2n) is 4.98. The summed E-state index contributed by atoms with van der Waals surface area (Å²) in [6, 6.07) is 2.01. The minimum absolute atomic E-state index is 0.184. The van der Waals surface area contributed by atoms with Gasteiger partial charge in [0.05, 0.1) is 13.5 Å². The Balaban J connectivity index is 2.93. The predicted octanol–water partition coefficient (Wildman–Crippen LogP) is 2.35. The first kappa shape index (κ1) is 14.7. The molecule has 0 fully saturated rings. The van der Waals surface area contributed by atoms with Crippen LogP contribution in [0.3, 0.4) is 0 Å². The summed E-state index contributed by atoms with van der Waals surface area (Å²) in [6.45, 7) is 8.44. The molecule has 2 N–H and O–H groups in total. The monoisotopic (exact) mass is 249 g/mol. The van der Waals surface area contributed by atoms with E-state index in [1.165, 1.54) is 34.9 Å². The molecule has 1 atom stereocenters. The molecule has 3 heteroatoms. The van der Waals surface area contributed by atoms with Gasteiger partial charge in [-0.3, -0.25) is 4.79 Å². The standard InChI is InChI=1S/C15H23NO2/c1-9-6-10(2)12(4)14(11(9)3)7-13(16)8-15(17)18-5/h6,13H,7-8,16H2,1-5H3. The normalized spacial score (nSPS) is 12.3. The van der Waals surface area contributed by atoms with Crippen LogP contribution in [0.25, 0.3) is 0 Å². The van der Waals surface area contributed by atoms with Gasteiger partial charge in [0.1, 0.15) is 0 Å². The molecule has 1 rings (SSSR count). The largest absolute Gasteiger partial charge is 0.469 e. The van der Waals surface area contributed by atoms with E-state index in [0.717, 1.165) is 6.42 Å². The van der Waals surface area contributed by atoms with E-state index in [0.29, 0.717) is 0 Å². The van der Waals surface area contributed by atoms with E-state index in [4.69, 9.17) is 5.73 Å². The van der Waals surface area contributed by atoms with Crippen molar-refractivity contribution in [2.45, 2.75) is 46.6 Å². The Morgan fingerprint density at radius 3 is 2.17 bits per heavy atom. The fourth-order valence-corrected chi connectivity index (χ4v) is 2.24. The molecule has 0 saturated heterocycles. The van der Waals surface area contributed by atoms with Crippen LogP contribution >= 0.6 is 0 Å². The Hall–Kier alpha value is -1.35. The van der Waals surface area contributed by atoms with Gasteiger partial charge in [0, 0.05) is 6.04 Å². The van der Waals surface area contributed by atoms with Gasteiger partial charge < -0.3 is 10.5 Å². The van der Waals surface area contributed by atoms with Crippen molar-refractivity contribution in [3.05, 3.63) is 33.9 Å². The van der Waals surface area contributed by atoms with E-state index in [1.54, 1.807) is 0 Å². The summed E-state index contributed by atoms with van der Waals surface area (Å²) < 4.78 is 4.65. The molecule has 0 spiro atoms. The average molecular weight is 249 g/mol. The highest BCUT2D eigenvalue weighted by Gasteiger charge is 2.15. The predicted molar refractivity (Wildman–Crippen MR) is 73.7 cm³/mol. The Bertz CT molecular complexity index is 426. The lowest BCUT2D eigenvalue weighted by atomic mass is 9.90. The summed E-state index contributed by atoms with van der Waals surface area (Å²) in [6.07, 6.45) is 0.984. The van der Waals surface area contributed by atoms with Gasteiger partial charge >= 0.3 is 5.97 Å². The molecule has 1 unspecified atom stereocenters. The lowest BCUT2D eigenvalue weighted by molar-refractivity contribution is -0.140. The first-order chi connectivity index (χ1) is 8.36. The lowest BCUT2D eigenvalue weighted by Gasteiger charge is -2.18. The van der Waals surface area contributed by atoms with E-state index in [1.807, 2.05) is 0 Å². The number of carbonyl (C=O) groups excluding carboxylic acids is 1. The third kappa shape index (κ3) is 3.33. The molecule has 0 amide bonds. The number of hydrogen-bond acceptors (Lipinski definition) is 3. The summed E-state index contributed by atoms with van der Waals surface area (Å²) in [7, 11) is 1.39. The van der Waals surface area contributed by atoms with E-state index < -0.39 is 0 Å². The van der Waals surface area contributed by atoms with Crippen LogP contribution in [0.2, 0.25) is 0 Å². The van der Waals surface area contributed by atoms with Gasteiger partial charge in [0.15, 0.2) is 0 Å². The minimum atomic E-state index is -0.248. The SMILES string of the molecule is COC(=O)CC(N)Cc1c(C)c(C)cc(C)c1C. The van der Waals surface area contributed by atoms with Crippen LogP contribution in [0.15, 0.2) is 6.07 Å². The molecule has 0 aliphatic heterocycles. The maximum Gasteiger partial charge on any atom is 0.307 e. The molecule has 0 heterocycles. The molecule has 0 radical (unpaired) electrons. The van der Waals surface area contributed by atoms with Crippen molar-refractivity contribution in [3.63, 3.8) is 0 Å². The molecule has 18 heavy (non-hydrogen) atoms. The maximum absolute atomic E-state index is 11.2. The molecular formula is C15H23NO2. The zero-order chi connectivity index (χ0) is 13.9. The zero-order valence-electron chi connectivity index (χ0n) is 12.0. The minimum Gasteiger partial charge on any atom is -0.469 e. The summed E-state index contributed by atoms with van der Waals surface area (Å²) in [5.41, 5.74) is 12.4. The number of hydrogen-bond donors (Lipinski definition) is 1. The fourth-order valence-electron chi connectivity index (χ4n) is 2.24. The molecule has 3 nitrogen and oxygen atoms in total. The molecule has 0 saturated carbocycles. The van der Waals surface area contributed by atoms with Gasteiger partial charge in [-0.25, -0.2) is 0 Å². The van der Waals surface area contributed by atoms with E-state index in [9.17, 15) is 4.79 Å².